The van der Waals surface area contributed by atoms with Gasteiger partial charge in [-0.15, -0.1) is 11.3 Å². The van der Waals surface area contributed by atoms with E-state index in [9.17, 15) is 9.90 Å². The molecule has 4 rings (SSSR count). The fourth-order valence-electron chi connectivity index (χ4n) is 4.23. The quantitative estimate of drug-likeness (QED) is 0.518. The number of benzene rings is 1. The Kier molecular flexibility index (Phi) is 5.28. The predicted molar refractivity (Wildman–Crippen MR) is 119 cm³/mol. The largest absolute Gasteiger partial charge is 0.493 e. The highest BCUT2D eigenvalue weighted by Crippen LogP contribution is 2.44. The molecule has 0 aliphatic carbocycles. The highest BCUT2D eigenvalue weighted by molar-refractivity contribution is 7.18. The number of fused-ring (bicyclic) bond motifs is 2. The molecule has 3 aromatic rings. The third kappa shape index (κ3) is 3.45. The van der Waals surface area contributed by atoms with Crippen LogP contribution >= 0.6 is 11.3 Å². The maximum absolute atomic E-state index is 12.2. The third-order valence-corrected chi connectivity index (χ3v) is 6.44. The fourth-order valence-corrected chi connectivity index (χ4v) is 5.16. The molecule has 0 bridgehead atoms. The van der Waals surface area contributed by atoms with Gasteiger partial charge in [0, 0.05) is 27.1 Å². The van der Waals surface area contributed by atoms with Gasteiger partial charge in [-0.1, -0.05) is 12.6 Å². The number of rotatable bonds is 5. The Balaban J connectivity index is 2.07. The minimum atomic E-state index is -1.18. The van der Waals surface area contributed by atoms with Crippen LogP contribution in [0.1, 0.15) is 46.7 Å². The van der Waals surface area contributed by atoms with Crippen molar-refractivity contribution in [3.63, 3.8) is 0 Å². The number of aromatic nitrogens is 1. The molecule has 1 aliphatic heterocycles. The molecule has 2 aromatic heterocycles. The van der Waals surface area contributed by atoms with Crippen LogP contribution in [0.15, 0.2) is 30.5 Å². The van der Waals surface area contributed by atoms with Crippen molar-refractivity contribution in [2.45, 2.75) is 46.6 Å². The molecule has 0 amide bonds. The number of thiophene rings is 1. The van der Waals surface area contributed by atoms with Crippen molar-refractivity contribution in [2.24, 2.45) is 0 Å². The lowest BCUT2D eigenvalue weighted by molar-refractivity contribution is -0.148. The van der Waals surface area contributed by atoms with Gasteiger partial charge in [0.05, 0.1) is 12.4 Å². The molecule has 1 aliphatic rings. The summed E-state index contributed by atoms with van der Waals surface area (Å²) >= 11 is 1.61. The first-order valence-corrected chi connectivity index (χ1v) is 10.8. The summed E-state index contributed by atoms with van der Waals surface area (Å²) in [5.74, 6) is 0.208. The number of carboxylic acids is 1. The second-order valence-electron chi connectivity index (χ2n) is 7.77. The highest BCUT2D eigenvalue weighted by Gasteiger charge is 2.31. The van der Waals surface area contributed by atoms with Crippen LogP contribution in [0.25, 0.3) is 21.3 Å². The van der Waals surface area contributed by atoms with Crippen LogP contribution in [0.4, 0.5) is 0 Å². The van der Waals surface area contributed by atoms with Gasteiger partial charge in [-0.2, -0.15) is 0 Å². The lowest BCUT2D eigenvalue weighted by atomic mass is 9.87. The average Bonchev–Trinajstić information content (AvgIpc) is 3.05. The molecule has 5 nitrogen and oxygen atoms in total. The lowest BCUT2D eigenvalue weighted by Crippen LogP contribution is -2.18. The van der Waals surface area contributed by atoms with Crippen LogP contribution in [0.2, 0.25) is 0 Å². The number of aryl methyl sites for hydroxylation is 2. The van der Waals surface area contributed by atoms with E-state index in [1.165, 1.54) is 5.56 Å². The lowest BCUT2D eigenvalue weighted by Gasteiger charge is -2.25. The van der Waals surface area contributed by atoms with Crippen LogP contribution in [0.5, 0.6) is 5.75 Å². The molecular weight excluding hydrogens is 398 g/mol. The summed E-state index contributed by atoms with van der Waals surface area (Å²) in [6.45, 7) is 12.1. The SMILES string of the molecule is C=C(C)O[C@H](C(=O)O)c1c(C)nc2sc(C)cc2c1-c1ccc2c(c1C)CCCO2. The molecule has 6 heteroatoms. The summed E-state index contributed by atoms with van der Waals surface area (Å²) in [5.41, 5.74) is 5.41. The Hall–Kier alpha value is -2.86. The summed E-state index contributed by atoms with van der Waals surface area (Å²) in [7, 11) is 0. The van der Waals surface area contributed by atoms with Gasteiger partial charge in [-0.05, 0) is 69.4 Å². The van der Waals surface area contributed by atoms with E-state index >= 15 is 0 Å². The van der Waals surface area contributed by atoms with Crippen molar-refractivity contribution in [2.75, 3.05) is 6.61 Å². The second-order valence-corrected chi connectivity index (χ2v) is 9.00. The van der Waals surface area contributed by atoms with E-state index in [-0.39, 0.29) is 0 Å². The summed E-state index contributed by atoms with van der Waals surface area (Å²) < 4.78 is 11.5. The van der Waals surface area contributed by atoms with Gasteiger partial charge in [0.1, 0.15) is 10.6 Å². The Morgan fingerprint density at radius 2 is 2.10 bits per heavy atom. The van der Waals surface area contributed by atoms with E-state index in [2.05, 4.69) is 19.6 Å². The number of hydrogen-bond donors (Lipinski definition) is 1. The van der Waals surface area contributed by atoms with E-state index < -0.39 is 12.1 Å². The number of ether oxygens (including phenoxy) is 2. The molecule has 0 fully saturated rings. The highest BCUT2D eigenvalue weighted by atomic mass is 32.1. The van der Waals surface area contributed by atoms with E-state index in [1.54, 1.807) is 18.3 Å². The summed E-state index contributed by atoms with van der Waals surface area (Å²) in [6, 6.07) is 6.11. The van der Waals surface area contributed by atoms with E-state index in [0.717, 1.165) is 57.0 Å². The van der Waals surface area contributed by atoms with Crippen LogP contribution in [-0.4, -0.2) is 22.7 Å². The zero-order valence-electron chi connectivity index (χ0n) is 17.7. The zero-order valence-corrected chi connectivity index (χ0v) is 18.5. The number of nitrogens with zero attached hydrogens (tertiary/aromatic N) is 1. The smallest absolute Gasteiger partial charge is 0.349 e. The maximum atomic E-state index is 12.2. The summed E-state index contributed by atoms with van der Waals surface area (Å²) in [6.07, 6.45) is 0.745. The number of hydrogen-bond acceptors (Lipinski definition) is 5. The zero-order chi connectivity index (χ0) is 21.6. The Morgan fingerprint density at radius 1 is 1.33 bits per heavy atom. The minimum Gasteiger partial charge on any atom is -0.493 e. The van der Waals surface area contributed by atoms with Crippen molar-refractivity contribution in [1.82, 2.24) is 4.98 Å². The van der Waals surface area contributed by atoms with Crippen molar-refractivity contribution >= 4 is 27.5 Å². The first kappa shape index (κ1) is 20.4. The fraction of sp³-hybridized carbons (Fsp3) is 0.333. The number of carboxylic acid groups (broad SMARTS) is 1. The molecule has 156 valence electrons. The molecule has 1 N–H and O–H groups in total. The normalized spacial score (nSPS) is 14.1. The predicted octanol–water partition coefficient (Wildman–Crippen LogP) is 5.89. The molecule has 1 aromatic carbocycles. The maximum Gasteiger partial charge on any atom is 0.349 e. The second kappa shape index (κ2) is 7.76. The third-order valence-electron chi connectivity index (χ3n) is 5.49. The molecule has 3 heterocycles. The number of allylic oxidation sites excluding steroid dienone is 1. The van der Waals surface area contributed by atoms with Gasteiger partial charge < -0.3 is 14.6 Å². The molecule has 0 unspecified atom stereocenters. The molecule has 0 spiro atoms. The van der Waals surface area contributed by atoms with Crippen molar-refractivity contribution < 1.29 is 19.4 Å². The summed E-state index contributed by atoms with van der Waals surface area (Å²) in [5, 5.41) is 11.0. The molecule has 0 saturated heterocycles. The molecule has 0 radical (unpaired) electrons. The minimum absolute atomic E-state index is 0.352. The topological polar surface area (TPSA) is 68.7 Å². The average molecular weight is 424 g/mol. The van der Waals surface area contributed by atoms with Gasteiger partial charge in [-0.3, -0.25) is 0 Å². The van der Waals surface area contributed by atoms with Gasteiger partial charge in [0.25, 0.3) is 0 Å². The van der Waals surface area contributed by atoms with Gasteiger partial charge in [0.15, 0.2) is 0 Å². The Bertz CT molecular complexity index is 1180. The van der Waals surface area contributed by atoms with Crippen LogP contribution < -0.4 is 4.74 Å². The Labute approximate surface area is 180 Å². The summed E-state index contributed by atoms with van der Waals surface area (Å²) in [4.78, 5) is 19.0. The number of aliphatic carboxylic acids is 1. The molecule has 1 atom stereocenters. The number of pyridine rings is 1. The van der Waals surface area contributed by atoms with E-state index in [1.807, 2.05) is 26.0 Å². The van der Waals surface area contributed by atoms with Gasteiger partial charge >= 0.3 is 5.97 Å². The van der Waals surface area contributed by atoms with Crippen LogP contribution in [-0.2, 0) is 16.0 Å². The molecular formula is C24H25NO4S. The van der Waals surface area contributed by atoms with Crippen LogP contribution in [0.3, 0.4) is 0 Å². The van der Waals surface area contributed by atoms with Crippen molar-refractivity contribution in [3.05, 3.63) is 57.8 Å². The monoisotopic (exact) mass is 423 g/mol. The first-order valence-electron chi connectivity index (χ1n) is 9.99. The van der Waals surface area contributed by atoms with Crippen LogP contribution in [0, 0.1) is 20.8 Å². The van der Waals surface area contributed by atoms with E-state index in [4.69, 9.17) is 14.5 Å². The van der Waals surface area contributed by atoms with Crippen molar-refractivity contribution in [3.8, 4) is 16.9 Å². The first-order chi connectivity index (χ1) is 14.3. The molecule has 30 heavy (non-hydrogen) atoms. The molecule has 0 saturated carbocycles. The number of carbonyl (C=O) groups is 1. The van der Waals surface area contributed by atoms with Gasteiger partial charge in [0.2, 0.25) is 6.10 Å². The van der Waals surface area contributed by atoms with E-state index in [0.29, 0.717) is 17.0 Å². The Morgan fingerprint density at radius 3 is 2.80 bits per heavy atom. The standard InChI is InChI=1S/C24H25NO4S/c1-12(2)29-22(24(26)27)20-15(5)25-23-18(11-13(3)30-23)21(20)17-8-9-19-16(14(17)4)7-6-10-28-19/h8-9,11,22H,1,6-7,10H2,2-5H3,(H,26,27)/t22-/m0/s1. The van der Waals surface area contributed by atoms with Crippen molar-refractivity contribution in [1.29, 1.82) is 0 Å². The van der Waals surface area contributed by atoms with Gasteiger partial charge in [-0.25, -0.2) is 9.78 Å².